The first-order valence-electron chi connectivity index (χ1n) is 6.60. The molecule has 0 saturated carbocycles. The van der Waals surface area contributed by atoms with Crippen molar-refractivity contribution >= 4 is 5.97 Å². The fraction of sp³-hybridized carbons (Fsp3) is 0.267. The molecule has 0 spiro atoms. The lowest BCUT2D eigenvalue weighted by molar-refractivity contribution is -0.136. The van der Waals surface area contributed by atoms with Gasteiger partial charge in [0.05, 0.1) is 12.1 Å². The summed E-state index contributed by atoms with van der Waals surface area (Å²) in [5, 5.41) is 13.1. The van der Waals surface area contributed by atoms with Crippen LogP contribution in [0.4, 0.5) is 4.39 Å². The van der Waals surface area contributed by atoms with Crippen LogP contribution in [0.5, 0.6) is 0 Å². The van der Waals surface area contributed by atoms with Crippen molar-refractivity contribution < 1.29 is 14.3 Å². The molecule has 5 nitrogen and oxygen atoms in total. The Morgan fingerprint density at radius 1 is 1.33 bits per heavy atom. The number of nitrogens with zero attached hydrogens (tertiary/aromatic N) is 2. The summed E-state index contributed by atoms with van der Waals surface area (Å²) in [5.41, 5.74) is 0.863. The zero-order valence-electron chi connectivity index (χ0n) is 11.5. The number of carboxylic acid groups (broad SMARTS) is 1. The quantitative estimate of drug-likeness (QED) is 0.915. The summed E-state index contributed by atoms with van der Waals surface area (Å²) in [4.78, 5) is 23.0. The first kappa shape index (κ1) is 14.9. The number of carbonyl (C=O) groups is 1. The van der Waals surface area contributed by atoms with Gasteiger partial charge in [0.1, 0.15) is 5.82 Å². The van der Waals surface area contributed by atoms with Gasteiger partial charge in [-0.2, -0.15) is 5.10 Å². The summed E-state index contributed by atoms with van der Waals surface area (Å²) >= 11 is 0. The molecule has 0 unspecified atom stereocenters. The minimum absolute atomic E-state index is 0.172. The smallest absolute Gasteiger partial charge is 0.308 e. The SMILES string of the molecule is CCCn1nc(-c2ccc(F)cc2)cc(CC(=O)O)c1=O. The average Bonchev–Trinajstić information content (AvgIpc) is 2.43. The normalized spacial score (nSPS) is 10.6. The molecule has 110 valence electrons. The summed E-state index contributed by atoms with van der Waals surface area (Å²) in [5.74, 6) is -1.45. The van der Waals surface area contributed by atoms with Gasteiger partial charge in [-0.25, -0.2) is 9.07 Å². The van der Waals surface area contributed by atoms with E-state index in [-0.39, 0.29) is 17.8 Å². The molecule has 0 atom stereocenters. The summed E-state index contributed by atoms with van der Waals surface area (Å²) in [6.45, 7) is 2.30. The van der Waals surface area contributed by atoms with Gasteiger partial charge in [0.25, 0.3) is 5.56 Å². The van der Waals surface area contributed by atoms with Crippen LogP contribution in [0.2, 0.25) is 0 Å². The molecule has 21 heavy (non-hydrogen) atoms. The highest BCUT2D eigenvalue weighted by molar-refractivity contribution is 5.71. The maximum absolute atomic E-state index is 13.0. The summed E-state index contributed by atoms with van der Waals surface area (Å²) in [6.07, 6.45) is 0.339. The standard InChI is InChI=1S/C15H15FN2O3/c1-2-7-18-15(21)11(9-14(19)20)8-13(17-18)10-3-5-12(16)6-4-10/h3-6,8H,2,7,9H2,1H3,(H,19,20). The minimum atomic E-state index is -1.08. The van der Waals surface area contributed by atoms with Crippen LogP contribution in [-0.4, -0.2) is 20.9 Å². The molecule has 0 aliphatic rings. The number of benzene rings is 1. The highest BCUT2D eigenvalue weighted by atomic mass is 19.1. The van der Waals surface area contributed by atoms with Crippen molar-refractivity contribution in [3.05, 3.63) is 52.1 Å². The number of aromatic nitrogens is 2. The zero-order chi connectivity index (χ0) is 15.4. The van der Waals surface area contributed by atoms with Crippen LogP contribution in [-0.2, 0) is 17.8 Å². The van der Waals surface area contributed by atoms with Gasteiger partial charge in [0.15, 0.2) is 0 Å². The Hall–Kier alpha value is -2.50. The van der Waals surface area contributed by atoms with Crippen LogP contribution in [0.15, 0.2) is 35.1 Å². The highest BCUT2D eigenvalue weighted by Gasteiger charge is 2.12. The second kappa shape index (κ2) is 6.30. The molecule has 2 rings (SSSR count). The first-order chi connectivity index (χ1) is 10.0. The molecule has 0 aliphatic carbocycles. The number of hydrogen-bond acceptors (Lipinski definition) is 3. The van der Waals surface area contributed by atoms with Gasteiger partial charge in [-0.3, -0.25) is 9.59 Å². The molecule has 0 fully saturated rings. The predicted molar refractivity (Wildman–Crippen MR) is 75.5 cm³/mol. The van der Waals surface area contributed by atoms with Crippen molar-refractivity contribution in [1.29, 1.82) is 0 Å². The van der Waals surface area contributed by atoms with E-state index in [1.165, 1.54) is 22.9 Å². The van der Waals surface area contributed by atoms with Crippen molar-refractivity contribution in [3.8, 4) is 11.3 Å². The van der Waals surface area contributed by atoms with Crippen molar-refractivity contribution in [3.63, 3.8) is 0 Å². The Labute approximate surface area is 120 Å². The van der Waals surface area contributed by atoms with Gasteiger partial charge < -0.3 is 5.11 Å². The van der Waals surface area contributed by atoms with Crippen molar-refractivity contribution in [2.45, 2.75) is 26.3 Å². The molecule has 0 radical (unpaired) electrons. The van der Waals surface area contributed by atoms with Crippen molar-refractivity contribution in [1.82, 2.24) is 9.78 Å². The van der Waals surface area contributed by atoms with E-state index in [1.54, 1.807) is 12.1 Å². The number of hydrogen-bond donors (Lipinski definition) is 1. The fourth-order valence-corrected chi connectivity index (χ4v) is 2.01. The molecule has 6 heteroatoms. The minimum Gasteiger partial charge on any atom is -0.481 e. The molecule has 1 aromatic heterocycles. The molecule has 0 amide bonds. The number of aliphatic carboxylic acids is 1. The fourth-order valence-electron chi connectivity index (χ4n) is 2.01. The van der Waals surface area contributed by atoms with Crippen LogP contribution in [0.1, 0.15) is 18.9 Å². The van der Waals surface area contributed by atoms with Crippen molar-refractivity contribution in [2.24, 2.45) is 0 Å². The van der Waals surface area contributed by atoms with Gasteiger partial charge in [-0.1, -0.05) is 6.92 Å². The number of halogens is 1. The Bertz CT molecular complexity index is 708. The molecule has 0 saturated heterocycles. The number of rotatable bonds is 5. The Kier molecular flexibility index (Phi) is 4.47. The van der Waals surface area contributed by atoms with Gasteiger partial charge >= 0.3 is 5.97 Å². The van der Waals surface area contributed by atoms with Gasteiger partial charge in [0, 0.05) is 17.7 Å². The average molecular weight is 290 g/mol. The van der Waals surface area contributed by atoms with E-state index in [0.29, 0.717) is 24.2 Å². The molecular formula is C15H15FN2O3. The van der Waals surface area contributed by atoms with E-state index in [1.807, 2.05) is 6.92 Å². The summed E-state index contributed by atoms with van der Waals surface area (Å²) in [6, 6.07) is 7.13. The second-order valence-corrected chi connectivity index (χ2v) is 4.66. The lowest BCUT2D eigenvalue weighted by atomic mass is 10.1. The summed E-state index contributed by atoms with van der Waals surface area (Å²) in [7, 11) is 0. The molecular weight excluding hydrogens is 275 g/mol. The molecule has 1 heterocycles. The highest BCUT2D eigenvalue weighted by Crippen LogP contribution is 2.17. The monoisotopic (exact) mass is 290 g/mol. The summed E-state index contributed by atoms with van der Waals surface area (Å²) < 4.78 is 14.2. The maximum atomic E-state index is 13.0. The van der Waals surface area contributed by atoms with E-state index >= 15 is 0 Å². The predicted octanol–water partition coefficient (Wildman–Crippen LogP) is 2.09. The molecule has 0 aliphatic heterocycles. The third-order valence-electron chi connectivity index (χ3n) is 2.97. The molecule has 2 aromatic rings. The maximum Gasteiger partial charge on any atom is 0.308 e. The van der Waals surface area contributed by atoms with Crippen molar-refractivity contribution in [2.75, 3.05) is 0 Å². The molecule has 0 bridgehead atoms. The molecule has 1 N–H and O–H groups in total. The van der Waals surface area contributed by atoms with Gasteiger partial charge in [-0.05, 0) is 36.8 Å². The van der Waals surface area contributed by atoms with Crippen LogP contribution in [0.3, 0.4) is 0 Å². The zero-order valence-corrected chi connectivity index (χ0v) is 11.5. The van der Waals surface area contributed by atoms with Gasteiger partial charge in [0.2, 0.25) is 0 Å². The third kappa shape index (κ3) is 3.53. The molecule has 1 aromatic carbocycles. The Morgan fingerprint density at radius 2 is 2.00 bits per heavy atom. The van der Waals surface area contributed by atoms with Crippen LogP contribution < -0.4 is 5.56 Å². The lowest BCUT2D eigenvalue weighted by Crippen LogP contribution is -2.28. The largest absolute Gasteiger partial charge is 0.481 e. The van der Waals surface area contributed by atoms with Crippen LogP contribution in [0, 0.1) is 5.82 Å². The topological polar surface area (TPSA) is 72.2 Å². The van der Waals surface area contributed by atoms with E-state index in [0.717, 1.165) is 0 Å². The first-order valence-corrected chi connectivity index (χ1v) is 6.60. The number of aryl methyl sites for hydroxylation is 1. The third-order valence-corrected chi connectivity index (χ3v) is 2.97. The Balaban J connectivity index is 2.55. The van der Waals surface area contributed by atoms with Gasteiger partial charge in [-0.15, -0.1) is 0 Å². The van der Waals surface area contributed by atoms with E-state index in [2.05, 4.69) is 5.10 Å². The van der Waals surface area contributed by atoms with E-state index < -0.39 is 11.5 Å². The second-order valence-electron chi connectivity index (χ2n) is 4.66. The lowest BCUT2D eigenvalue weighted by Gasteiger charge is -2.09. The van der Waals surface area contributed by atoms with E-state index in [9.17, 15) is 14.0 Å². The van der Waals surface area contributed by atoms with Crippen LogP contribution in [0.25, 0.3) is 11.3 Å². The Morgan fingerprint density at radius 3 is 2.57 bits per heavy atom. The number of carboxylic acids is 1. The van der Waals surface area contributed by atoms with E-state index in [4.69, 9.17) is 5.11 Å². The van der Waals surface area contributed by atoms with Crippen LogP contribution >= 0.6 is 0 Å².